The predicted octanol–water partition coefficient (Wildman–Crippen LogP) is 2.21. The molecule has 1 unspecified atom stereocenters. The van der Waals surface area contributed by atoms with Crippen molar-refractivity contribution < 1.29 is 24.1 Å². The Balaban J connectivity index is 2.11. The molecule has 0 saturated carbocycles. The first kappa shape index (κ1) is 15.9. The number of nitrogens with two attached hydrogens (primary N) is 1. The van der Waals surface area contributed by atoms with Gasteiger partial charge in [-0.2, -0.15) is 0 Å². The monoisotopic (exact) mass is 321 g/mol. The van der Waals surface area contributed by atoms with Crippen molar-refractivity contribution in [2.24, 2.45) is 5.73 Å². The Morgan fingerprint density at radius 1 is 1.22 bits per heavy atom. The van der Waals surface area contributed by atoms with Crippen LogP contribution < -0.4 is 19.9 Å². The Morgan fingerprint density at radius 3 is 2.52 bits per heavy atom. The Kier molecular flexibility index (Phi) is 4.61. The maximum Gasteiger partial charge on any atom is 0.303 e. The van der Waals surface area contributed by atoms with Crippen molar-refractivity contribution in [2.45, 2.75) is 44.6 Å². The van der Waals surface area contributed by atoms with Crippen LogP contribution in [0.5, 0.6) is 17.2 Å². The standard InChI is InChI=1S/C17H23NO5/c1-21-16-11-5-3-8-22-15(11)14(12(18)6-7-13(19)20)10-4-2-9-23-17(10)16/h12H,2-9,18H2,1H3,(H,19,20). The molecule has 6 heteroatoms. The van der Waals surface area contributed by atoms with Crippen molar-refractivity contribution in [3.05, 3.63) is 16.7 Å². The van der Waals surface area contributed by atoms with Gasteiger partial charge in [0.1, 0.15) is 5.75 Å². The number of carboxylic acids is 1. The van der Waals surface area contributed by atoms with Crippen molar-refractivity contribution in [1.82, 2.24) is 0 Å². The molecule has 0 fully saturated rings. The molecule has 3 N–H and O–H groups in total. The molecule has 1 atom stereocenters. The van der Waals surface area contributed by atoms with Crippen LogP contribution in [0.25, 0.3) is 0 Å². The van der Waals surface area contributed by atoms with E-state index < -0.39 is 5.97 Å². The highest BCUT2D eigenvalue weighted by Crippen LogP contribution is 2.50. The summed E-state index contributed by atoms with van der Waals surface area (Å²) >= 11 is 0. The van der Waals surface area contributed by atoms with Crippen LogP contribution in [0, 0.1) is 0 Å². The summed E-state index contributed by atoms with van der Waals surface area (Å²) in [5.41, 5.74) is 9.28. The summed E-state index contributed by atoms with van der Waals surface area (Å²) in [6.07, 6.45) is 3.95. The lowest BCUT2D eigenvalue weighted by Gasteiger charge is -2.31. The molecule has 0 amide bonds. The molecule has 0 aliphatic carbocycles. The van der Waals surface area contributed by atoms with Crippen molar-refractivity contribution in [3.63, 3.8) is 0 Å². The van der Waals surface area contributed by atoms with Crippen molar-refractivity contribution in [2.75, 3.05) is 20.3 Å². The molecule has 0 spiro atoms. The van der Waals surface area contributed by atoms with Gasteiger partial charge in [0.05, 0.1) is 20.3 Å². The maximum atomic E-state index is 10.9. The summed E-state index contributed by atoms with van der Waals surface area (Å²) in [6.45, 7) is 1.31. The lowest BCUT2D eigenvalue weighted by Crippen LogP contribution is -2.23. The van der Waals surface area contributed by atoms with Gasteiger partial charge in [-0.25, -0.2) is 0 Å². The molecule has 0 radical (unpaired) electrons. The average molecular weight is 321 g/mol. The third kappa shape index (κ3) is 2.95. The SMILES string of the molecule is COc1c2c(c(C(N)CCC(=O)O)c3c1OCCC3)OCCC2. The third-order valence-electron chi connectivity index (χ3n) is 4.48. The molecule has 2 heterocycles. The second-order valence-electron chi connectivity index (χ2n) is 6.01. The number of carboxylic acid groups (broad SMARTS) is 1. The van der Waals surface area contributed by atoms with E-state index in [1.54, 1.807) is 7.11 Å². The minimum Gasteiger partial charge on any atom is -0.493 e. The molecule has 1 aromatic rings. The smallest absolute Gasteiger partial charge is 0.303 e. The molecule has 3 rings (SSSR count). The molecule has 2 aliphatic rings. The summed E-state index contributed by atoms with van der Waals surface area (Å²) in [7, 11) is 1.65. The van der Waals surface area contributed by atoms with Gasteiger partial charge in [-0.3, -0.25) is 4.79 Å². The largest absolute Gasteiger partial charge is 0.493 e. The summed E-state index contributed by atoms with van der Waals surface area (Å²) in [6, 6.07) is -0.376. The van der Waals surface area contributed by atoms with Gasteiger partial charge in [0.15, 0.2) is 11.5 Å². The van der Waals surface area contributed by atoms with E-state index in [-0.39, 0.29) is 12.5 Å². The highest BCUT2D eigenvalue weighted by molar-refractivity contribution is 5.68. The molecule has 0 bridgehead atoms. The van der Waals surface area contributed by atoms with E-state index in [9.17, 15) is 4.79 Å². The van der Waals surface area contributed by atoms with Crippen LogP contribution in [0.2, 0.25) is 0 Å². The Morgan fingerprint density at radius 2 is 1.87 bits per heavy atom. The van der Waals surface area contributed by atoms with Gasteiger partial charge in [0.25, 0.3) is 0 Å². The van der Waals surface area contributed by atoms with E-state index in [1.165, 1.54) is 0 Å². The number of hydrogen-bond acceptors (Lipinski definition) is 5. The Hall–Kier alpha value is -1.95. The molecular formula is C17H23NO5. The molecule has 0 aromatic heterocycles. The van der Waals surface area contributed by atoms with E-state index in [0.717, 1.165) is 59.6 Å². The van der Waals surface area contributed by atoms with Gasteiger partial charge in [0, 0.05) is 29.2 Å². The first-order valence-corrected chi connectivity index (χ1v) is 8.12. The highest BCUT2D eigenvalue weighted by Gasteiger charge is 2.32. The first-order valence-electron chi connectivity index (χ1n) is 8.12. The number of methoxy groups -OCH3 is 1. The van der Waals surface area contributed by atoms with E-state index in [1.807, 2.05) is 0 Å². The minimum atomic E-state index is -0.839. The summed E-state index contributed by atoms with van der Waals surface area (Å²) in [5.74, 6) is 1.47. The van der Waals surface area contributed by atoms with Crippen LogP contribution in [-0.2, 0) is 17.6 Å². The van der Waals surface area contributed by atoms with E-state index in [2.05, 4.69) is 0 Å². The van der Waals surface area contributed by atoms with Gasteiger partial charge in [0.2, 0.25) is 0 Å². The Labute approximate surface area is 135 Å². The van der Waals surface area contributed by atoms with E-state index >= 15 is 0 Å². The zero-order chi connectivity index (χ0) is 16.4. The number of rotatable bonds is 5. The first-order chi connectivity index (χ1) is 11.1. The highest BCUT2D eigenvalue weighted by atomic mass is 16.5. The molecule has 23 heavy (non-hydrogen) atoms. The van der Waals surface area contributed by atoms with Crippen LogP contribution in [0.3, 0.4) is 0 Å². The van der Waals surface area contributed by atoms with E-state index in [0.29, 0.717) is 19.6 Å². The summed E-state index contributed by atoms with van der Waals surface area (Å²) in [4.78, 5) is 10.9. The second kappa shape index (κ2) is 6.66. The van der Waals surface area contributed by atoms with Crippen LogP contribution >= 0.6 is 0 Å². The molecule has 1 aromatic carbocycles. The fourth-order valence-electron chi connectivity index (χ4n) is 3.47. The lowest BCUT2D eigenvalue weighted by molar-refractivity contribution is -0.137. The number of benzene rings is 1. The quantitative estimate of drug-likeness (QED) is 0.864. The van der Waals surface area contributed by atoms with Crippen molar-refractivity contribution >= 4 is 5.97 Å². The van der Waals surface area contributed by atoms with Gasteiger partial charge in [-0.15, -0.1) is 0 Å². The molecule has 2 aliphatic heterocycles. The summed E-state index contributed by atoms with van der Waals surface area (Å²) < 4.78 is 17.4. The van der Waals surface area contributed by atoms with Gasteiger partial charge < -0.3 is 25.1 Å². The summed E-state index contributed by atoms with van der Waals surface area (Å²) in [5, 5.41) is 8.94. The molecule has 0 saturated heterocycles. The fraction of sp³-hybridized carbons (Fsp3) is 0.588. The number of aliphatic carboxylic acids is 1. The minimum absolute atomic E-state index is 0.0393. The van der Waals surface area contributed by atoms with E-state index in [4.69, 9.17) is 25.1 Å². The molecular weight excluding hydrogens is 298 g/mol. The van der Waals surface area contributed by atoms with Crippen LogP contribution in [0.15, 0.2) is 0 Å². The number of ether oxygens (including phenoxy) is 3. The topological polar surface area (TPSA) is 91.0 Å². The van der Waals surface area contributed by atoms with Crippen LogP contribution in [0.1, 0.15) is 48.4 Å². The van der Waals surface area contributed by atoms with Crippen molar-refractivity contribution in [1.29, 1.82) is 0 Å². The number of fused-ring (bicyclic) bond motifs is 2. The number of hydrogen-bond donors (Lipinski definition) is 2. The van der Waals surface area contributed by atoms with Gasteiger partial charge >= 0.3 is 5.97 Å². The average Bonchev–Trinajstić information content (AvgIpc) is 2.57. The molecule has 6 nitrogen and oxygen atoms in total. The van der Waals surface area contributed by atoms with Crippen molar-refractivity contribution in [3.8, 4) is 17.2 Å². The van der Waals surface area contributed by atoms with Gasteiger partial charge in [-0.1, -0.05) is 0 Å². The zero-order valence-electron chi connectivity index (χ0n) is 13.4. The zero-order valence-corrected chi connectivity index (χ0v) is 13.4. The lowest BCUT2D eigenvalue weighted by atomic mass is 9.87. The number of carbonyl (C=O) groups is 1. The third-order valence-corrected chi connectivity index (χ3v) is 4.48. The normalized spacial score (nSPS) is 17.3. The predicted molar refractivity (Wildman–Crippen MR) is 84.4 cm³/mol. The maximum absolute atomic E-state index is 10.9. The van der Waals surface area contributed by atoms with Crippen LogP contribution in [-0.4, -0.2) is 31.4 Å². The van der Waals surface area contributed by atoms with Crippen LogP contribution in [0.4, 0.5) is 0 Å². The molecule has 126 valence electrons. The second-order valence-corrected chi connectivity index (χ2v) is 6.01. The fourth-order valence-corrected chi connectivity index (χ4v) is 3.47. The van der Waals surface area contributed by atoms with Gasteiger partial charge in [-0.05, 0) is 32.1 Å². The Bertz CT molecular complexity index is 576.